The molecule has 0 fully saturated rings. The second-order valence-electron chi connectivity index (χ2n) is 8.29. The lowest BCUT2D eigenvalue weighted by Gasteiger charge is -2.23. The molecule has 2 aliphatic heterocycles. The molecule has 1 unspecified atom stereocenters. The van der Waals surface area contributed by atoms with Crippen LogP contribution >= 0.6 is 0 Å². The summed E-state index contributed by atoms with van der Waals surface area (Å²) in [5.41, 5.74) is 13.8. The van der Waals surface area contributed by atoms with Gasteiger partial charge in [0.15, 0.2) is 0 Å². The van der Waals surface area contributed by atoms with Crippen LogP contribution in [0.5, 0.6) is 5.75 Å². The van der Waals surface area contributed by atoms with Crippen molar-refractivity contribution in [1.82, 2.24) is 10.3 Å². The normalized spacial score (nSPS) is 20.2. The molecule has 32 heavy (non-hydrogen) atoms. The zero-order valence-electron chi connectivity index (χ0n) is 18.6. The summed E-state index contributed by atoms with van der Waals surface area (Å²) in [6.45, 7) is 4.79. The van der Waals surface area contributed by atoms with E-state index in [1.807, 2.05) is 31.2 Å². The van der Waals surface area contributed by atoms with E-state index in [0.29, 0.717) is 12.2 Å². The third-order valence-electron chi connectivity index (χ3n) is 5.99. The molecule has 0 saturated heterocycles. The lowest BCUT2D eigenvalue weighted by molar-refractivity contribution is 0.201. The van der Waals surface area contributed by atoms with Crippen molar-refractivity contribution in [1.29, 1.82) is 0 Å². The fourth-order valence-corrected chi connectivity index (χ4v) is 4.44. The fourth-order valence-electron chi connectivity index (χ4n) is 4.44. The monoisotopic (exact) mass is 435 g/mol. The molecule has 0 bridgehead atoms. The number of nitrogens with zero attached hydrogens (tertiary/aromatic N) is 1. The minimum Gasteiger partial charge on any atom is -0.491 e. The Balaban J connectivity index is 1.69. The Bertz CT molecular complexity index is 996. The van der Waals surface area contributed by atoms with Gasteiger partial charge in [0, 0.05) is 30.0 Å². The topological polar surface area (TPSA) is 109 Å². The molecule has 0 saturated carbocycles. The van der Waals surface area contributed by atoms with Gasteiger partial charge in [-0.2, -0.15) is 0 Å². The largest absolute Gasteiger partial charge is 0.491 e. The van der Waals surface area contributed by atoms with Crippen LogP contribution in [0.2, 0.25) is 0 Å². The minimum absolute atomic E-state index is 0.000308. The number of hydrazine groups is 1. The maximum atomic E-state index is 8.94. The van der Waals surface area contributed by atoms with Crippen molar-refractivity contribution >= 4 is 17.0 Å². The highest BCUT2D eigenvalue weighted by molar-refractivity contribution is 5.75. The Kier molecular flexibility index (Phi) is 6.99. The number of benzene rings is 2. The van der Waals surface area contributed by atoms with Crippen LogP contribution in [0, 0.1) is 0 Å². The average molecular weight is 436 g/mol. The third-order valence-corrected chi connectivity index (χ3v) is 5.99. The summed E-state index contributed by atoms with van der Waals surface area (Å²) in [5.74, 6) is 7.15. The lowest BCUT2D eigenvalue weighted by Crippen LogP contribution is -2.31. The number of rotatable bonds is 6. The van der Waals surface area contributed by atoms with Crippen LogP contribution in [0.25, 0.3) is 11.3 Å². The van der Waals surface area contributed by atoms with E-state index in [9.17, 15) is 0 Å². The van der Waals surface area contributed by atoms with Gasteiger partial charge >= 0.3 is 0 Å². The number of hydrogen-bond donors (Lipinski definition) is 5. The van der Waals surface area contributed by atoms with E-state index in [4.69, 9.17) is 21.4 Å². The maximum Gasteiger partial charge on any atom is 0.119 e. The van der Waals surface area contributed by atoms with Crippen molar-refractivity contribution in [2.24, 2.45) is 11.6 Å². The number of fused-ring (bicyclic) bond motifs is 1. The lowest BCUT2D eigenvalue weighted by atomic mass is 9.91. The van der Waals surface area contributed by atoms with Crippen molar-refractivity contribution in [3.05, 3.63) is 70.9 Å². The van der Waals surface area contributed by atoms with Crippen LogP contribution in [0.1, 0.15) is 42.5 Å². The molecule has 0 radical (unpaired) electrons. The predicted octanol–water partition coefficient (Wildman–Crippen LogP) is 2.81. The van der Waals surface area contributed by atoms with Crippen molar-refractivity contribution in [2.45, 2.75) is 25.8 Å². The Morgan fingerprint density at radius 1 is 1.25 bits per heavy atom. The molecule has 0 aliphatic carbocycles. The zero-order chi connectivity index (χ0) is 22.5. The van der Waals surface area contributed by atoms with Crippen molar-refractivity contribution in [3.8, 4) is 5.75 Å². The van der Waals surface area contributed by atoms with E-state index in [-0.39, 0.29) is 19.3 Å². The number of aliphatic hydroxyl groups excluding tert-OH is 1. The standard InChI is InChI=1S/C25H33N5O2/c1-17(26)25-22-7-2-19(18-8-11-28-12-9-18)16-23(22)24(10-13-30(25)27)29-20-3-5-21(6-4-20)32-15-14-31/h2-8,16,24,28-29,31H,9-15,26-27H2,1H3/b25-17-. The molecule has 2 heterocycles. The number of allylic oxidation sites excluding steroid dienone is 1. The molecular formula is C25H33N5O2. The summed E-state index contributed by atoms with van der Waals surface area (Å²) in [4.78, 5) is 0. The molecule has 2 aromatic carbocycles. The Labute approximate surface area is 189 Å². The SMILES string of the molecule is C/C(N)=C1\c2ccc(C3=CCNCC3)cc2C(Nc2ccc(OCCO)cc2)CCN1N. The van der Waals surface area contributed by atoms with Crippen LogP contribution in [0.3, 0.4) is 0 Å². The zero-order valence-corrected chi connectivity index (χ0v) is 18.6. The second-order valence-corrected chi connectivity index (χ2v) is 8.29. The van der Waals surface area contributed by atoms with Crippen molar-refractivity contribution < 1.29 is 9.84 Å². The summed E-state index contributed by atoms with van der Waals surface area (Å²) in [5, 5.41) is 17.8. The van der Waals surface area contributed by atoms with Crippen LogP contribution in [-0.4, -0.2) is 43.0 Å². The van der Waals surface area contributed by atoms with E-state index in [2.05, 4.69) is 34.9 Å². The van der Waals surface area contributed by atoms with Gasteiger partial charge in [-0.15, -0.1) is 0 Å². The fraction of sp³-hybridized carbons (Fsp3) is 0.360. The maximum absolute atomic E-state index is 8.94. The smallest absolute Gasteiger partial charge is 0.119 e. The molecule has 170 valence electrons. The van der Waals surface area contributed by atoms with E-state index in [1.165, 1.54) is 16.7 Å². The van der Waals surface area contributed by atoms with Crippen LogP contribution in [-0.2, 0) is 0 Å². The Hall–Kier alpha value is -3.00. The van der Waals surface area contributed by atoms with E-state index < -0.39 is 0 Å². The van der Waals surface area contributed by atoms with E-state index in [1.54, 1.807) is 5.01 Å². The molecule has 7 heteroatoms. The first-order valence-electron chi connectivity index (χ1n) is 11.2. The number of aliphatic hydroxyl groups is 1. The van der Waals surface area contributed by atoms with Gasteiger partial charge < -0.3 is 31.2 Å². The molecule has 4 rings (SSSR count). The molecular weight excluding hydrogens is 402 g/mol. The summed E-state index contributed by atoms with van der Waals surface area (Å²) >= 11 is 0. The Morgan fingerprint density at radius 2 is 2.06 bits per heavy atom. The van der Waals surface area contributed by atoms with Gasteiger partial charge in [-0.25, -0.2) is 5.84 Å². The first-order valence-corrected chi connectivity index (χ1v) is 11.2. The van der Waals surface area contributed by atoms with Gasteiger partial charge in [-0.3, -0.25) is 0 Å². The van der Waals surface area contributed by atoms with E-state index in [0.717, 1.165) is 48.6 Å². The molecule has 0 amide bonds. The number of ether oxygens (including phenoxy) is 1. The summed E-state index contributed by atoms with van der Waals surface area (Å²) in [6.07, 6.45) is 4.14. The molecule has 1 atom stereocenters. The second kappa shape index (κ2) is 10.1. The average Bonchev–Trinajstić information content (AvgIpc) is 2.95. The van der Waals surface area contributed by atoms with E-state index >= 15 is 0 Å². The number of anilines is 1. The third kappa shape index (κ3) is 4.91. The first kappa shape index (κ1) is 22.2. The van der Waals surface area contributed by atoms with Crippen molar-refractivity contribution in [2.75, 3.05) is 38.2 Å². The summed E-state index contributed by atoms with van der Waals surface area (Å²) in [7, 11) is 0. The molecule has 7 nitrogen and oxygen atoms in total. The van der Waals surface area contributed by atoms with Crippen molar-refractivity contribution in [3.63, 3.8) is 0 Å². The molecule has 0 aromatic heterocycles. The minimum atomic E-state index is -0.000308. The molecule has 0 spiro atoms. The summed E-state index contributed by atoms with van der Waals surface area (Å²) in [6, 6.07) is 14.5. The highest BCUT2D eigenvalue weighted by Gasteiger charge is 2.26. The summed E-state index contributed by atoms with van der Waals surface area (Å²) < 4.78 is 5.48. The highest BCUT2D eigenvalue weighted by atomic mass is 16.5. The van der Waals surface area contributed by atoms with Crippen LogP contribution in [0.15, 0.2) is 54.2 Å². The quantitative estimate of drug-likeness (QED) is 0.444. The molecule has 7 N–H and O–H groups in total. The number of nitrogens with two attached hydrogens (primary N) is 2. The van der Waals surface area contributed by atoms with Gasteiger partial charge in [0.25, 0.3) is 0 Å². The predicted molar refractivity (Wildman–Crippen MR) is 130 cm³/mol. The van der Waals surface area contributed by atoms with Gasteiger partial charge in [-0.1, -0.05) is 18.2 Å². The van der Waals surface area contributed by atoms with Crippen LogP contribution < -0.4 is 26.9 Å². The molecule has 2 aliphatic rings. The van der Waals surface area contributed by atoms with Crippen LogP contribution in [0.4, 0.5) is 5.69 Å². The van der Waals surface area contributed by atoms with Gasteiger partial charge in [0.1, 0.15) is 12.4 Å². The molecule has 2 aromatic rings. The number of nitrogens with one attached hydrogen (secondary N) is 2. The van der Waals surface area contributed by atoms with Gasteiger partial charge in [0.05, 0.1) is 18.3 Å². The van der Waals surface area contributed by atoms with Gasteiger partial charge in [0.2, 0.25) is 0 Å². The number of hydrogen-bond acceptors (Lipinski definition) is 7. The van der Waals surface area contributed by atoms with Gasteiger partial charge in [-0.05, 0) is 73.3 Å². The first-order chi connectivity index (χ1) is 15.6. The Morgan fingerprint density at radius 3 is 2.75 bits per heavy atom. The highest BCUT2D eigenvalue weighted by Crippen LogP contribution is 2.37.